The van der Waals surface area contributed by atoms with Gasteiger partial charge >= 0.3 is 0 Å². The van der Waals surface area contributed by atoms with Gasteiger partial charge in [0.1, 0.15) is 6.61 Å². The quantitative estimate of drug-likeness (QED) is 0.806. The van der Waals surface area contributed by atoms with Crippen LogP contribution in [0.1, 0.15) is 18.9 Å². The summed E-state index contributed by atoms with van der Waals surface area (Å²) < 4.78 is 1.22. The molecule has 0 aromatic heterocycles. The fourth-order valence-corrected chi connectivity index (χ4v) is 1.79. The Balaban J connectivity index is 2.34. The van der Waals surface area contributed by atoms with Crippen LogP contribution in [-0.2, 0) is 11.2 Å². The number of rotatable bonds is 5. The van der Waals surface area contributed by atoms with Crippen LogP contribution in [0.2, 0.25) is 0 Å². The van der Waals surface area contributed by atoms with Crippen molar-refractivity contribution in [2.24, 2.45) is 0 Å². The predicted octanol–water partition coefficient (Wildman–Crippen LogP) is 1.72. The van der Waals surface area contributed by atoms with E-state index in [1.54, 1.807) is 0 Å². The highest BCUT2D eigenvalue weighted by molar-refractivity contribution is 14.1. The summed E-state index contributed by atoms with van der Waals surface area (Å²) in [7, 11) is 0. The van der Waals surface area contributed by atoms with Gasteiger partial charge in [0.2, 0.25) is 5.91 Å². The Morgan fingerprint density at radius 2 is 2.06 bits per heavy atom. The molecule has 0 unspecified atom stereocenters. The second kappa shape index (κ2) is 6.85. The number of hydrogen-bond donors (Lipinski definition) is 2. The van der Waals surface area contributed by atoms with E-state index in [1.807, 2.05) is 6.92 Å². The van der Waals surface area contributed by atoms with Crippen LogP contribution in [0.5, 0.6) is 0 Å². The molecule has 1 amide bonds. The lowest BCUT2D eigenvalue weighted by Crippen LogP contribution is -2.34. The molecule has 0 spiro atoms. The fraction of sp³-hybridized carbons (Fsp3) is 0.417. The third-order valence-electron chi connectivity index (χ3n) is 2.33. The Hall–Kier alpha value is -0.620. The van der Waals surface area contributed by atoms with Gasteiger partial charge in [-0.05, 0) is 60.1 Å². The number of aliphatic hydroxyl groups is 1. The van der Waals surface area contributed by atoms with Crippen LogP contribution in [-0.4, -0.2) is 23.7 Å². The lowest BCUT2D eigenvalue weighted by atomic mass is 10.1. The number of carbonyl (C=O) groups excluding carboxylic acids is 1. The van der Waals surface area contributed by atoms with E-state index in [9.17, 15) is 4.79 Å². The monoisotopic (exact) mass is 333 g/mol. The summed E-state index contributed by atoms with van der Waals surface area (Å²) in [6, 6.07) is 8.45. The van der Waals surface area contributed by atoms with Crippen molar-refractivity contribution in [1.29, 1.82) is 0 Å². The minimum Gasteiger partial charge on any atom is -0.387 e. The zero-order valence-electron chi connectivity index (χ0n) is 9.24. The van der Waals surface area contributed by atoms with E-state index in [4.69, 9.17) is 5.11 Å². The van der Waals surface area contributed by atoms with Gasteiger partial charge in [0.25, 0.3) is 0 Å². The van der Waals surface area contributed by atoms with E-state index in [0.717, 1.165) is 12.8 Å². The molecule has 1 atom stereocenters. The number of amides is 1. The maximum Gasteiger partial charge on any atom is 0.245 e. The Morgan fingerprint density at radius 3 is 2.62 bits per heavy atom. The van der Waals surface area contributed by atoms with E-state index >= 15 is 0 Å². The van der Waals surface area contributed by atoms with E-state index in [-0.39, 0.29) is 11.9 Å². The van der Waals surface area contributed by atoms with Gasteiger partial charge in [-0.1, -0.05) is 12.1 Å². The van der Waals surface area contributed by atoms with Crippen molar-refractivity contribution < 1.29 is 9.90 Å². The largest absolute Gasteiger partial charge is 0.387 e. The maximum atomic E-state index is 10.9. The van der Waals surface area contributed by atoms with Crippen LogP contribution in [0.3, 0.4) is 0 Å². The molecule has 0 aliphatic heterocycles. The molecular formula is C12H16INO2. The number of aliphatic hydroxyl groups excluding tert-OH is 1. The number of hydrogen-bond acceptors (Lipinski definition) is 2. The number of aryl methyl sites for hydroxylation is 1. The number of nitrogens with one attached hydrogen (secondary N) is 1. The van der Waals surface area contributed by atoms with Gasteiger partial charge in [0.05, 0.1) is 0 Å². The lowest BCUT2D eigenvalue weighted by molar-refractivity contribution is -0.124. The van der Waals surface area contributed by atoms with Crippen molar-refractivity contribution in [3.8, 4) is 0 Å². The van der Waals surface area contributed by atoms with Crippen LogP contribution in [0.4, 0.5) is 0 Å². The summed E-state index contributed by atoms with van der Waals surface area (Å²) >= 11 is 2.27. The maximum absolute atomic E-state index is 10.9. The molecular weight excluding hydrogens is 317 g/mol. The van der Waals surface area contributed by atoms with Crippen LogP contribution < -0.4 is 5.32 Å². The minimum atomic E-state index is -0.437. The lowest BCUT2D eigenvalue weighted by Gasteiger charge is -2.12. The SMILES string of the molecule is C[C@H](CCc1ccc(I)cc1)NC(=O)CO. The van der Waals surface area contributed by atoms with Gasteiger partial charge in [-0.15, -0.1) is 0 Å². The van der Waals surface area contributed by atoms with Gasteiger partial charge in [-0.3, -0.25) is 4.79 Å². The van der Waals surface area contributed by atoms with Crippen molar-refractivity contribution in [3.05, 3.63) is 33.4 Å². The molecule has 1 aromatic rings. The second-order valence-electron chi connectivity index (χ2n) is 3.79. The highest BCUT2D eigenvalue weighted by atomic mass is 127. The normalized spacial score (nSPS) is 12.2. The Kier molecular flexibility index (Phi) is 5.76. The molecule has 0 heterocycles. The highest BCUT2D eigenvalue weighted by Crippen LogP contribution is 2.09. The number of halogens is 1. The van der Waals surface area contributed by atoms with Gasteiger partial charge in [0, 0.05) is 9.61 Å². The van der Waals surface area contributed by atoms with Crippen LogP contribution in [0, 0.1) is 3.57 Å². The van der Waals surface area contributed by atoms with Crippen molar-refractivity contribution in [1.82, 2.24) is 5.32 Å². The van der Waals surface area contributed by atoms with Crippen molar-refractivity contribution in [3.63, 3.8) is 0 Å². The fourth-order valence-electron chi connectivity index (χ4n) is 1.43. The molecule has 0 saturated carbocycles. The molecule has 0 bridgehead atoms. The zero-order valence-corrected chi connectivity index (χ0v) is 11.4. The van der Waals surface area contributed by atoms with Gasteiger partial charge < -0.3 is 10.4 Å². The summed E-state index contributed by atoms with van der Waals surface area (Å²) in [5, 5.41) is 11.3. The topological polar surface area (TPSA) is 49.3 Å². The first kappa shape index (κ1) is 13.4. The van der Waals surface area contributed by atoms with Crippen molar-refractivity contribution in [2.75, 3.05) is 6.61 Å². The van der Waals surface area contributed by atoms with Gasteiger partial charge in [0.15, 0.2) is 0 Å². The Morgan fingerprint density at radius 1 is 1.44 bits per heavy atom. The smallest absolute Gasteiger partial charge is 0.245 e. The Bertz CT molecular complexity index is 337. The van der Waals surface area contributed by atoms with E-state index < -0.39 is 6.61 Å². The number of carbonyl (C=O) groups is 1. The van der Waals surface area contributed by atoms with Crippen molar-refractivity contribution in [2.45, 2.75) is 25.8 Å². The van der Waals surface area contributed by atoms with Crippen LogP contribution in [0.15, 0.2) is 24.3 Å². The van der Waals surface area contributed by atoms with Crippen LogP contribution >= 0.6 is 22.6 Å². The van der Waals surface area contributed by atoms with Gasteiger partial charge in [-0.2, -0.15) is 0 Å². The van der Waals surface area contributed by atoms with E-state index in [2.05, 4.69) is 52.2 Å². The first-order valence-corrected chi connectivity index (χ1v) is 6.34. The molecule has 0 aliphatic carbocycles. The van der Waals surface area contributed by atoms with Crippen LogP contribution in [0.25, 0.3) is 0 Å². The summed E-state index contributed by atoms with van der Waals surface area (Å²) in [5.41, 5.74) is 1.27. The third-order valence-corrected chi connectivity index (χ3v) is 3.05. The first-order chi connectivity index (χ1) is 7.61. The summed E-state index contributed by atoms with van der Waals surface area (Å²) in [5.74, 6) is -0.310. The average molecular weight is 333 g/mol. The molecule has 16 heavy (non-hydrogen) atoms. The molecule has 0 aliphatic rings. The molecule has 1 aromatic carbocycles. The molecule has 1 rings (SSSR count). The molecule has 3 nitrogen and oxygen atoms in total. The zero-order chi connectivity index (χ0) is 12.0. The highest BCUT2D eigenvalue weighted by Gasteiger charge is 2.05. The molecule has 0 radical (unpaired) electrons. The van der Waals surface area contributed by atoms with Crippen molar-refractivity contribution >= 4 is 28.5 Å². The minimum absolute atomic E-state index is 0.0962. The summed E-state index contributed by atoms with van der Waals surface area (Å²) in [6.45, 7) is 1.51. The molecule has 0 fully saturated rings. The predicted molar refractivity (Wildman–Crippen MR) is 72.2 cm³/mol. The van der Waals surface area contributed by atoms with Gasteiger partial charge in [-0.25, -0.2) is 0 Å². The third kappa shape index (κ3) is 4.94. The second-order valence-corrected chi connectivity index (χ2v) is 5.04. The molecule has 2 N–H and O–H groups in total. The molecule has 4 heteroatoms. The molecule has 88 valence electrons. The van der Waals surface area contributed by atoms with E-state index in [1.165, 1.54) is 9.13 Å². The summed E-state index contributed by atoms with van der Waals surface area (Å²) in [4.78, 5) is 10.9. The first-order valence-electron chi connectivity index (χ1n) is 5.26. The molecule has 0 saturated heterocycles. The van der Waals surface area contributed by atoms with E-state index in [0.29, 0.717) is 0 Å². The number of benzene rings is 1. The average Bonchev–Trinajstić information content (AvgIpc) is 2.28. The standard InChI is InChI=1S/C12H16INO2/c1-9(14-12(16)8-15)2-3-10-4-6-11(13)7-5-10/h4-7,9,15H,2-3,8H2,1H3,(H,14,16)/t9-/m1/s1. The summed E-state index contributed by atoms with van der Waals surface area (Å²) in [6.07, 6.45) is 1.82. The Labute approximate surface area is 109 Å².